The molecule has 1 saturated carbocycles. The van der Waals surface area contributed by atoms with Crippen molar-refractivity contribution in [3.05, 3.63) is 35.1 Å². The second-order valence-corrected chi connectivity index (χ2v) is 4.88. The summed E-state index contributed by atoms with van der Waals surface area (Å²) in [4.78, 5) is 11.9. The minimum absolute atomic E-state index is 0.224. The SMILES string of the molecule is O=C(CC1CCCCC1)c1cc(F)c(F)cc1F. The van der Waals surface area contributed by atoms with Gasteiger partial charge in [-0.2, -0.15) is 0 Å². The van der Waals surface area contributed by atoms with Gasteiger partial charge >= 0.3 is 0 Å². The first-order chi connectivity index (χ1) is 8.58. The summed E-state index contributed by atoms with van der Waals surface area (Å²) in [6, 6.07) is 1.10. The summed E-state index contributed by atoms with van der Waals surface area (Å²) < 4.78 is 39.2. The first-order valence-electron chi connectivity index (χ1n) is 6.25. The molecule has 0 atom stereocenters. The lowest BCUT2D eigenvalue weighted by atomic mass is 9.84. The minimum Gasteiger partial charge on any atom is -0.294 e. The van der Waals surface area contributed by atoms with Crippen molar-refractivity contribution in [1.82, 2.24) is 0 Å². The van der Waals surface area contributed by atoms with Crippen molar-refractivity contribution in [3.8, 4) is 0 Å². The highest BCUT2D eigenvalue weighted by Crippen LogP contribution is 2.28. The van der Waals surface area contributed by atoms with Crippen molar-refractivity contribution in [3.63, 3.8) is 0 Å². The average molecular weight is 256 g/mol. The zero-order valence-electron chi connectivity index (χ0n) is 10.0. The van der Waals surface area contributed by atoms with Crippen molar-refractivity contribution in [2.75, 3.05) is 0 Å². The first-order valence-corrected chi connectivity index (χ1v) is 6.25. The van der Waals surface area contributed by atoms with Crippen LogP contribution in [0.4, 0.5) is 13.2 Å². The molecule has 2 rings (SSSR count). The van der Waals surface area contributed by atoms with Gasteiger partial charge in [-0.1, -0.05) is 32.1 Å². The third-order valence-corrected chi connectivity index (χ3v) is 3.51. The maximum atomic E-state index is 13.4. The van der Waals surface area contributed by atoms with Crippen LogP contribution in [0.5, 0.6) is 0 Å². The third-order valence-electron chi connectivity index (χ3n) is 3.51. The van der Waals surface area contributed by atoms with Gasteiger partial charge in [0.1, 0.15) is 5.82 Å². The number of hydrogen-bond acceptors (Lipinski definition) is 1. The van der Waals surface area contributed by atoms with E-state index in [0.29, 0.717) is 12.1 Å². The van der Waals surface area contributed by atoms with E-state index in [1.807, 2.05) is 0 Å². The molecular weight excluding hydrogens is 241 g/mol. The quantitative estimate of drug-likeness (QED) is 0.583. The fraction of sp³-hybridized carbons (Fsp3) is 0.500. The molecule has 1 aromatic rings. The highest BCUT2D eigenvalue weighted by atomic mass is 19.2. The molecule has 0 saturated heterocycles. The predicted molar refractivity (Wildman–Crippen MR) is 61.8 cm³/mol. The Morgan fingerprint density at radius 3 is 2.28 bits per heavy atom. The topological polar surface area (TPSA) is 17.1 Å². The summed E-state index contributed by atoms with van der Waals surface area (Å²) in [6.07, 6.45) is 5.47. The van der Waals surface area contributed by atoms with Crippen LogP contribution in [0.1, 0.15) is 48.9 Å². The van der Waals surface area contributed by atoms with Gasteiger partial charge in [-0.3, -0.25) is 4.79 Å². The molecular formula is C14H15F3O. The molecule has 1 aliphatic carbocycles. The molecule has 0 unspecified atom stereocenters. The van der Waals surface area contributed by atoms with Gasteiger partial charge in [0.2, 0.25) is 0 Å². The Hall–Kier alpha value is -1.32. The predicted octanol–water partition coefficient (Wildman–Crippen LogP) is 4.26. The van der Waals surface area contributed by atoms with Gasteiger partial charge in [0.05, 0.1) is 5.56 Å². The zero-order valence-corrected chi connectivity index (χ0v) is 10.0. The molecule has 0 spiro atoms. The van der Waals surface area contributed by atoms with Crippen LogP contribution in [0.3, 0.4) is 0 Å². The van der Waals surface area contributed by atoms with E-state index in [1.165, 1.54) is 6.42 Å². The zero-order chi connectivity index (χ0) is 13.1. The maximum absolute atomic E-state index is 13.4. The van der Waals surface area contributed by atoms with Crippen LogP contribution < -0.4 is 0 Å². The molecule has 98 valence electrons. The molecule has 0 N–H and O–H groups in total. The lowest BCUT2D eigenvalue weighted by molar-refractivity contribution is 0.0945. The summed E-state index contributed by atoms with van der Waals surface area (Å²) in [5, 5.41) is 0. The monoisotopic (exact) mass is 256 g/mol. The maximum Gasteiger partial charge on any atom is 0.166 e. The molecule has 0 heterocycles. The van der Waals surface area contributed by atoms with E-state index in [2.05, 4.69) is 0 Å². The fourth-order valence-corrected chi connectivity index (χ4v) is 2.50. The van der Waals surface area contributed by atoms with Gasteiger partial charge < -0.3 is 0 Å². The van der Waals surface area contributed by atoms with Crippen LogP contribution in [-0.4, -0.2) is 5.78 Å². The smallest absolute Gasteiger partial charge is 0.166 e. The van der Waals surface area contributed by atoms with Gasteiger partial charge in [0.15, 0.2) is 17.4 Å². The van der Waals surface area contributed by atoms with Gasteiger partial charge in [0, 0.05) is 12.5 Å². The van der Waals surface area contributed by atoms with Crippen LogP contribution in [0.15, 0.2) is 12.1 Å². The molecule has 4 heteroatoms. The van der Waals surface area contributed by atoms with Gasteiger partial charge in [-0.05, 0) is 12.0 Å². The van der Waals surface area contributed by atoms with Crippen LogP contribution in [-0.2, 0) is 0 Å². The number of ketones is 1. The molecule has 1 fully saturated rings. The van der Waals surface area contributed by atoms with Gasteiger partial charge in [-0.15, -0.1) is 0 Å². The number of carbonyl (C=O) groups excluding carboxylic acids is 1. The number of rotatable bonds is 3. The van der Waals surface area contributed by atoms with E-state index in [-0.39, 0.29) is 17.9 Å². The number of benzene rings is 1. The molecule has 1 aliphatic rings. The number of halogens is 3. The Morgan fingerprint density at radius 2 is 1.61 bits per heavy atom. The van der Waals surface area contributed by atoms with Gasteiger partial charge in [-0.25, -0.2) is 13.2 Å². The summed E-state index contributed by atoms with van der Waals surface area (Å²) in [6.45, 7) is 0. The van der Waals surface area contributed by atoms with E-state index in [1.54, 1.807) is 0 Å². The van der Waals surface area contributed by atoms with E-state index in [0.717, 1.165) is 25.7 Å². The average Bonchev–Trinajstić information content (AvgIpc) is 2.35. The number of carbonyl (C=O) groups is 1. The molecule has 0 aliphatic heterocycles. The Bertz CT molecular complexity index is 451. The van der Waals surface area contributed by atoms with Gasteiger partial charge in [0.25, 0.3) is 0 Å². The van der Waals surface area contributed by atoms with Crippen molar-refractivity contribution < 1.29 is 18.0 Å². The summed E-state index contributed by atoms with van der Waals surface area (Å²) in [5.74, 6) is -3.60. The van der Waals surface area contributed by atoms with E-state index in [4.69, 9.17) is 0 Å². The van der Waals surface area contributed by atoms with Crippen LogP contribution >= 0.6 is 0 Å². The number of Topliss-reactive ketones (excluding diaryl/α,β-unsaturated/α-hetero) is 1. The van der Waals surface area contributed by atoms with Crippen molar-refractivity contribution >= 4 is 5.78 Å². The Kier molecular flexibility index (Phi) is 4.04. The van der Waals surface area contributed by atoms with Crippen LogP contribution in [0.25, 0.3) is 0 Å². The highest BCUT2D eigenvalue weighted by molar-refractivity contribution is 5.96. The van der Waals surface area contributed by atoms with Crippen molar-refractivity contribution in [2.24, 2.45) is 5.92 Å². The second-order valence-electron chi connectivity index (χ2n) is 4.88. The van der Waals surface area contributed by atoms with E-state index >= 15 is 0 Å². The molecule has 18 heavy (non-hydrogen) atoms. The van der Waals surface area contributed by atoms with Crippen LogP contribution in [0.2, 0.25) is 0 Å². The van der Waals surface area contributed by atoms with Crippen LogP contribution in [0, 0.1) is 23.4 Å². The molecule has 1 aromatic carbocycles. The fourth-order valence-electron chi connectivity index (χ4n) is 2.50. The highest BCUT2D eigenvalue weighted by Gasteiger charge is 2.21. The summed E-state index contributed by atoms with van der Waals surface area (Å²) >= 11 is 0. The van der Waals surface area contributed by atoms with E-state index < -0.39 is 23.2 Å². The lowest BCUT2D eigenvalue weighted by Crippen LogP contribution is -2.13. The lowest BCUT2D eigenvalue weighted by Gasteiger charge is -2.20. The first kappa shape index (κ1) is 13.1. The number of hydrogen-bond donors (Lipinski definition) is 0. The molecule has 0 bridgehead atoms. The molecule has 1 nitrogen and oxygen atoms in total. The molecule has 0 aromatic heterocycles. The summed E-state index contributed by atoms with van der Waals surface area (Å²) in [7, 11) is 0. The van der Waals surface area contributed by atoms with Crippen molar-refractivity contribution in [1.29, 1.82) is 0 Å². The van der Waals surface area contributed by atoms with E-state index in [9.17, 15) is 18.0 Å². The minimum atomic E-state index is -1.26. The van der Waals surface area contributed by atoms with Crippen molar-refractivity contribution in [2.45, 2.75) is 38.5 Å². The Labute approximate surface area is 104 Å². The third kappa shape index (κ3) is 2.92. The largest absolute Gasteiger partial charge is 0.294 e. The standard InChI is InChI=1S/C14H15F3O/c15-11-8-13(17)12(16)7-10(11)14(18)6-9-4-2-1-3-5-9/h7-9H,1-6H2. The Morgan fingerprint density at radius 1 is 1.00 bits per heavy atom. The molecule has 0 amide bonds. The Balaban J connectivity index is 2.10. The second kappa shape index (κ2) is 5.55. The summed E-state index contributed by atoms with van der Waals surface area (Å²) in [5.41, 5.74) is -0.334. The normalized spacial score (nSPS) is 16.8. The molecule has 0 radical (unpaired) electrons.